The van der Waals surface area contributed by atoms with Gasteiger partial charge in [0, 0.05) is 19.1 Å². The van der Waals surface area contributed by atoms with Gasteiger partial charge in [0.2, 0.25) is 11.8 Å². The Morgan fingerprint density at radius 3 is 2.44 bits per heavy atom. The molecule has 18 heavy (non-hydrogen) atoms. The molecule has 0 aromatic carbocycles. The fourth-order valence-corrected chi connectivity index (χ4v) is 2.41. The second-order valence-electron chi connectivity index (χ2n) is 4.88. The van der Waals surface area contributed by atoms with Crippen LogP contribution in [-0.2, 0) is 9.59 Å². The van der Waals surface area contributed by atoms with Crippen molar-refractivity contribution in [1.82, 2.24) is 15.5 Å². The molecule has 1 heterocycles. The fraction of sp³-hybridized carbons (Fsp3) is 0.846. The molecule has 1 saturated heterocycles. The molecule has 1 aliphatic rings. The predicted octanol–water partition coefficient (Wildman–Crippen LogP) is 0.358. The molecule has 1 fully saturated rings. The van der Waals surface area contributed by atoms with E-state index >= 15 is 0 Å². The van der Waals surface area contributed by atoms with Gasteiger partial charge in [-0.15, -0.1) is 0 Å². The van der Waals surface area contributed by atoms with Gasteiger partial charge in [0.25, 0.3) is 0 Å². The summed E-state index contributed by atoms with van der Waals surface area (Å²) in [5.41, 5.74) is 0. The van der Waals surface area contributed by atoms with Crippen LogP contribution >= 0.6 is 0 Å². The molecule has 3 atom stereocenters. The quantitative estimate of drug-likeness (QED) is 0.745. The Hall–Kier alpha value is -1.10. The third-order valence-corrected chi connectivity index (χ3v) is 3.67. The van der Waals surface area contributed by atoms with Gasteiger partial charge in [0.1, 0.15) is 6.04 Å². The summed E-state index contributed by atoms with van der Waals surface area (Å²) >= 11 is 0. The highest BCUT2D eigenvalue weighted by Gasteiger charge is 2.31. The zero-order valence-corrected chi connectivity index (χ0v) is 11.8. The Bertz CT molecular complexity index is 303. The normalized spacial score (nSPS) is 24.7. The summed E-state index contributed by atoms with van der Waals surface area (Å²) in [6.07, 6.45) is 0.846. The number of carbonyl (C=O) groups excluding carboxylic acids is 2. The maximum absolute atomic E-state index is 12.0. The van der Waals surface area contributed by atoms with Gasteiger partial charge in [-0.05, 0) is 40.7 Å². The average molecular weight is 255 g/mol. The monoisotopic (exact) mass is 255 g/mol. The smallest absolute Gasteiger partial charge is 0.244 e. The first-order valence-corrected chi connectivity index (χ1v) is 6.83. The first-order chi connectivity index (χ1) is 8.51. The minimum absolute atomic E-state index is 0.00745. The van der Waals surface area contributed by atoms with Gasteiger partial charge in [-0.3, -0.25) is 9.59 Å². The summed E-state index contributed by atoms with van der Waals surface area (Å²) in [6.45, 7) is 9.88. The molecule has 1 rings (SSSR count). The van der Waals surface area contributed by atoms with Crippen molar-refractivity contribution in [2.24, 2.45) is 5.92 Å². The van der Waals surface area contributed by atoms with Crippen molar-refractivity contribution in [2.75, 3.05) is 19.6 Å². The molecule has 0 saturated carbocycles. The molecule has 104 valence electrons. The van der Waals surface area contributed by atoms with Crippen LogP contribution < -0.4 is 10.6 Å². The van der Waals surface area contributed by atoms with Crippen molar-refractivity contribution in [3.8, 4) is 0 Å². The minimum atomic E-state index is -0.440. The van der Waals surface area contributed by atoms with Gasteiger partial charge in [0.15, 0.2) is 0 Å². The van der Waals surface area contributed by atoms with E-state index in [0.29, 0.717) is 13.1 Å². The van der Waals surface area contributed by atoms with Crippen LogP contribution in [0.15, 0.2) is 0 Å². The van der Waals surface area contributed by atoms with Gasteiger partial charge < -0.3 is 15.5 Å². The van der Waals surface area contributed by atoms with Gasteiger partial charge in [-0.2, -0.15) is 0 Å². The SMILES string of the molecule is CCN(CC)C(=O)C(C)NC(=O)C1CCNC1C. The lowest BCUT2D eigenvalue weighted by Crippen LogP contribution is -2.49. The van der Waals surface area contributed by atoms with Crippen molar-refractivity contribution >= 4 is 11.8 Å². The number of likely N-dealkylation sites (N-methyl/N-ethyl adjacent to an activating group) is 1. The van der Waals surface area contributed by atoms with E-state index in [9.17, 15) is 9.59 Å². The van der Waals surface area contributed by atoms with E-state index in [0.717, 1.165) is 13.0 Å². The number of amides is 2. The topological polar surface area (TPSA) is 61.4 Å². The van der Waals surface area contributed by atoms with Crippen LogP contribution in [0.4, 0.5) is 0 Å². The molecule has 0 radical (unpaired) electrons. The Balaban J connectivity index is 2.51. The summed E-state index contributed by atoms with van der Waals surface area (Å²) in [5.74, 6) is -0.0376. The van der Waals surface area contributed by atoms with Crippen LogP contribution in [-0.4, -0.2) is 48.4 Å². The van der Waals surface area contributed by atoms with E-state index in [1.54, 1.807) is 11.8 Å². The minimum Gasteiger partial charge on any atom is -0.344 e. The first kappa shape index (κ1) is 15.0. The molecule has 2 N–H and O–H groups in total. The molecule has 3 unspecified atom stereocenters. The molecule has 5 nitrogen and oxygen atoms in total. The maximum atomic E-state index is 12.0. The number of nitrogens with zero attached hydrogens (tertiary/aromatic N) is 1. The third kappa shape index (κ3) is 3.45. The Morgan fingerprint density at radius 1 is 1.39 bits per heavy atom. The second-order valence-corrected chi connectivity index (χ2v) is 4.88. The average Bonchev–Trinajstić information content (AvgIpc) is 2.76. The molecular weight excluding hydrogens is 230 g/mol. The van der Waals surface area contributed by atoms with Crippen molar-refractivity contribution in [3.05, 3.63) is 0 Å². The van der Waals surface area contributed by atoms with Gasteiger partial charge >= 0.3 is 0 Å². The summed E-state index contributed by atoms with van der Waals surface area (Å²) in [6, 6.07) is -0.244. The van der Waals surface area contributed by atoms with Gasteiger partial charge in [0.05, 0.1) is 5.92 Å². The lowest BCUT2D eigenvalue weighted by atomic mass is 10.0. The number of rotatable bonds is 5. The van der Waals surface area contributed by atoms with Crippen LogP contribution in [0.25, 0.3) is 0 Å². The highest BCUT2D eigenvalue weighted by Crippen LogP contribution is 2.15. The zero-order valence-electron chi connectivity index (χ0n) is 11.8. The highest BCUT2D eigenvalue weighted by molar-refractivity contribution is 5.88. The molecular formula is C13H25N3O2. The van der Waals surface area contributed by atoms with E-state index in [4.69, 9.17) is 0 Å². The van der Waals surface area contributed by atoms with E-state index < -0.39 is 6.04 Å². The standard InChI is InChI=1S/C13H25N3O2/c1-5-16(6-2)13(18)10(4)15-12(17)11-7-8-14-9(11)3/h9-11,14H,5-8H2,1-4H3,(H,15,17). The molecule has 0 aliphatic carbocycles. The lowest BCUT2D eigenvalue weighted by molar-refractivity contribution is -0.136. The first-order valence-electron chi connectivity index (χ1n) is 6.83. The van der Waals surface area contributed by atoms with Crippen LogP contribution in [0.1, 0.15) is 34.1 Å². The van der Waals surface area contributed by atoms with Crippen molar-refractivity contribution in [1.29, 1.82) is 0 Å². The number of carbonyl (C=O) groups is 2. The maximum Gasteiger partial charge on any atom is 0.244 e. The van der Waals surface area contributed by atoms with Crippen molar-refractivity contribution in [2.45, 2.75) is 46.2 Å². The molecule has 0 spiro atoms. The third-order valence-electron chi connectivity index (χ3n) is 3.67. The number of hydrogen-bond acceptors (Lipinski definition) is 3. The Morgan fingerprint density at radius 2 is 2.00 bits per heavy atom. The summed E-state index contributed by atoms with van der Waals surface area (Å²) in [7, 11) is 0. The van der Waals surface area contributed by atoms with E-state index in [-0.39, 0.29) is 23.8 Å². The van der Waals surface area contributed by atoms with Crippen molar-refractivity contribution in [3.63, 3.8) is 0 Å². The molecule has 0 aromatic rings. The van der Waals surface area contributed by atoms with Crippen LogP contribution in [0.5, 0.6) is 0 Å². The second kappa shape index (κ2) is 6.73. The molecule has 0 bridgehead atoms. The summed E-state index contributed by atoms with van der Waals surface area (Å²) in [4.78, 5) is 25.8. The van der Waals surface area contributed by atoms with Crippen LogP contribution in [0.3, 0.4) is 0 Å². The highest BCUT2D eigenvalue weighted by atomic mass is 16.2. The van der Waals surface area contributed by atoms with E-state index in [1.165, 1.54) is 0 Å². The van der Waals surface area contributed by atoms with Gasteiger partial charge in [-0.25, -0.2) is 0 Å². The summed E-state index contributed by atoms with van der Waals surface area (Å²) < 4.78 is 0. The Kier molecular flexibility index (Phi) is 5.59. The van der Waals surface area contributed by atoms with Crippen LogP contribution in [0, 0.1) is 5.92 Å². The fourth-order valence-electron chi connectivity index (χ4n) is 2.41. The van der Waals surface area contributed by atoms with E-state index in [1.807, 2.05) is 20.8 Å². The Labute approximate surface area is 109 Å². The number of hydrogen-bond donors (Lipinski definition) is 2. The molecule has 2 amide bonds. The van der Waals surface area contributed by atoms with Crippen LogP contribution in [0.2, 0.25) is 0 Å². The lowest BCUT2D eigenvalue weighted by Gasteiger charge is -2.25. The predicted molar refractivity (Wildman–Crippen MR) is 71.1 cm³/mol. The van der Waals surface area contributed by atoms with Gasteiger partial charge in [-0.1, -0.05) is 0 Å². The van der Waals surface area contributed by atoms with E-state index in [2.05, 4.69) is 10.6 Å². The molecule has 0 aromatic heterocycles. The largest absolute Gasteiger partial charge is 0.344 e. The summed E-state index contributed by atoms with van der Waals surface area (Å²) in [5, 5.41) is 6.07. The number of nitrogens with one attached hydrogen (secondary N) is 2. The molecule has 5 heteroatoms. The zero-order chi connectivity index (χ0) is 13.7. The van der Waals surface area contributed by atoms with Crippen molar-refractivity contribution < 1.29 is 9.59 Å². The molecule has 1 aliphatic heterocycles.